The molecule has 2 aromatic carbocycles. The van der Waals surface area contributed by atoms with E-state index in [-0.39, 0.29) is 17.7 Å². The maximum Gasteiger partial charge on any atom is 0.416 e. The molecule has 0 heterocycles. The molecule has 0 aliphatic carbocycles. The number of hydrogen-bond donors (Lipinski definition) is 0. The van der Waals surface area contributed by atoms with Gasteiger partial charge in [0, 0.05) is 19.7 Å². The molecule has 2 rings (SSSR count). The van der Waals surface area contributed by atoms with E-state index in [2.05, 4.69) is 0 Å². The van der Waals surface area contributed by atoms with E-state index in [1.165, 1.54) is 49.4 Å². The van der Waals surface area contributed by atoms with Gasteiger partial charge in [0.15, 0.2) is 0 Å². The van der Waals surface area contributed by atoms with Crippen molar-refractivity contribution in [1.29, 1.82) is 0 Å². The van der Waals surface area contributed by atoms with Gasteiger partial charge in [-0.05, 0) is 35.9 Å². The minimum absolute atomic E-state index is 0.00112. The Morgan fingerprint density at radius 1 is 1.16 bits per heavy atom. The number of likely N-dealkylation sites (N-methyl/N-ethyl adjacent to an activating group) is 1. The van der Waals surface area contributed by atoms with E-state index in [1.807, 2.05) is 0 Å². The highest BCUT2D eigenvalue weighted by molar-refractivity contribution is 5.94. The monoisotopic (exact) mass is 355 g/mol. The minimum atomic E-state index is -4.49. The van der Waals surface area contributed by atoms with Crippen LogP contribution in [-0.2, 0) is 10.9 Å². The number of methoxy groups -OCH3 is 1. The summed E-state index contributed by atoms with van der Waals surface area (Å²) < 4.78 is 57.2. The molecule has 0 spiro atoms. The summed E-state index contributed by atoms with van der Waals surface area (Å²) in [4.78, 5) is 13.8. The molecule has 3 nitrogen and oxygen atoms in total. The van der Waals surface area contributed by atoms with Crippen LogP contribution in [0.4, 0.5) is 17.6 Å². The minimum Gasteiger partial charge on any atom is -0.382 e. The number of alkyl halides is 3. The first-order chi connectivity index (χ1) is 11.7. The third-order valence-corrected chi connectivity index (χ3v) is 3.78. The van der Waals surface area contributed by atoms with E-state index in [1.54, 1.807) is 0 Å². The second-order valence-electron chi connectivity index (χ2n) is 5.52. The van der Waals surface area contributed by atoms with Gasteiger partial charge in [-0.1, -0.05) is 18.2 Å². The molecule has 0 aliphatic rings. The van der Waals surface area contributed by atoms with Crippen LogP contribution in [-0.4, -0.2) is 31.6 Å². The molecule has 2 aromatic rings. The average molecular weight is 355 g/mol. The summed E-state index contributed by atoms with van der Waals surface area (Å²) in [6, 6.07) is 9.09. The molecule has 0 fully saturated rings. The molecule has 134 valence electrons. The van der Waals surface area contributed by atoms with Crippen LogP contribution in [0.25, 0.3) is 0 Å². The van der Waals surface area contributed by atoms with E-state index in [9.17, 15) is 22.4 Å². The zero-order chi connectivity index (χ0) is 18.6. The molecule has 7 heteroatoms. The largest absolute Gasteiger partial charge is 0.416 e. The molecule has 1 unspecified atom stereocenters. The predicted octanol–water partition coefficient (Wildman–Crippen LogP) is 4.30. The Labute approximate surface area is 142 Å². The molecule has 25 heavy (non-hydrogen) atoms. The van der Waals surface area contributed by atoms with Crippen LogP contribution < -0.4 is 0 Å². The second kappa shape index (κ2) is 7.65. The van der Waals surface area contributed by atoms with Crippen LogP contribution >= 0.6 is 0 Å². The second-order valence-corrected chi connectivity index (χ2v) is 5.52. The Balaban J connectivity index is 2.35. The molecule has 0 saturated carbocycles. The maximum absolute atomic E-state index is 13.3. The third kappa shape index (κ3) is 4.57. The van der Waals surface area contributed by atoms with Crippen molar-refractivity contribution in [3.63, 3.8) is 0 Å². The molecule has 0 N–H and O–H groups in total. The number of carbonyl (C=O) groups excluding carboxylic acids is 1. The molecule has 0 bridgehead atoms. The van der Waals surface area contributed by atoms with Crippen molar-refractivity contribution in [2.75, 3.05) is 20.8 Å². The maximum atomic E-state index is 13.3. The van der Waals surface area contributed by atoms with Crippen LogP contribution in [0.2, 0.25) is 0 Å². The molecule has 1 atom stereocenters. The average Bonchev–Trinajstić information content (AvgIpc) is 2.58. The van der Waals surface area contributed by atoms with Gasteiger partial charge in [0.1, 0.15) is 5.82 Å². The fourth-order valence-electron chi connectivity index (χ4n) is 2.48. The van der Waals surface area contributed by atoms with Crippen LogP contribution in [0.1, 0.15) is 27.5 Å². The Morgan fingerprint density at radius 2 is 1.84 bits per heavy atom. The van der Waals surface area contributed by atoms with Crippen LogP contribution in [0.15, 0.2) is 48.5 Å². The zero-order valence-corrected chi connectivity index (χ0v) is 13.7. The highest BCUT2D eigenvalue weighted by Crippen LogP contribution is 2.32. The molecular weight excluding hydrogens is 338 g/mol. The van der Waals surface area contributed by atoms with Gasteiger partial charge < -0.3 is 9.64 Å². The summed E-state index contributed by atoms with van der Waals surface area (Å²) >= 11 is 0. The summed E-state index contributed by atoms with van der Waals surface area (Å²) in [5.74, 6) is -1.08. The lowest BCUT2D eigenvalue weighted by molar-refractivity contribution is -0.137. The van der Waals surface area contributed by atoms with E-state index in [0.29, 0.717) is 0 Å². The van der Waals surface area contributed by atoms with Crippen LogP contribution in [0.5, 0.6) is 0 Å². The molecule has 0 aliphatic heterocycles. The van der Waals surface area contributed by atoms with E-state index >= 15 is 0 Å². The third-order valence-electron chi connectivity index (χ3n) is 3.78. The first-order valence-electron chi connectivity index (χ1n) is 7.43. The summed E-state index contributed by atoms with van der Waals surface area (Å²) in [5.41, 5.74) is -0.419. The lowest BCUT2D eigenvalue weighted by Gasteiger charge is -2.28. The normalized spacial score (nSPS) is 12.7. The molecule has 0 aromatic heterocycles. The first-order valence-corrected chi connectivity index (χ1v) is 7.43. The molecular formula is C18H17F4NO2. The van der Waals surface area contributed by atoms with Gasteiger partial charge in [-0.25, -0.2) is 4.39 Å². The Hall–Kier alpha value is -2.41. The standard InChI is InChI=1S/C18H17F4NO2/c1-23(17(24)13-6-4-8-15(19)10-13)16(11-25-2)12-5-3-7-14(9-12)18(20,21)22/h3-10,16H,11H2,1-2H3. The van der Waals surface area contributed by atoms with Crippen LogP contribution in [0, 0.1) is 5.82 Å². The lowest BCUT2D eigenvalue weighted by atomic mass is 10.0. The van der Waals surface area contributed by atoms with E-state index in [4.69, 9.17) is 4.74 Å². The van der Waals surface area contributed by atoms with Crippen molar-refractivity contribution in [3.05, 3.63) is 71.0 Å². The number of hydrogen-bond acceptors (Lipinski definition) is 2. The van der Waals surface area contributed by atoms with Crippen molar-refractivity contribution in [2.24, 2.45) is 0 Å². The zero-order valence-electron chi connectivity index (χ0n) is 13.7. The number of ether oxygens (including phenoxy) is 1. The van der Waals surface area contributed by atoms with E-state index < -0.39 is 29.5 Å². The van der Waals surface area contributed by atoms with Crippen molar-refractivity contribution in [1.82, 2.24) is 4.90 Å². The van der Waals surface area contributed by atoms with Crippen LogP contribution in [0.3, 0.4) is 0 Å². The lowest BCUT2D eigenvalue weighted by Crippen LogP contribution is -2.34. The van der Waals surface area contributed by atoms with Gasteiger partial charge in [0.05, 0.1) is 18.2 Å². The molecule has 1 amide bonds. The van der Waals surface area contributed by atoms with Crippen molar-refractivity contribution in [2.45, 2.75) is 12.2 Å². The quantitative estimate of drug-likeness (QED) is 0.749. The number of benzene rings is 2. The molecule has 0 saturated heterocycles. The summed E-state index contributed by atoms with van der Waals surface area (Å²) in [6.45, 7) is -0.00112. The van der Waals surface area contributed by atoms with Gasteiger partial charge in [-0.15, -0.1) is 0 Å². The number of carbonyl (C=O) groups is 1. The fourth-order valence-corrected chi connectivity index (χ4v) is 2.48. The highest BCUT2D eigenvalue weighted by atomic mass is 19.4. The van der Waals surface area contributed by atoms with Crippen molar-refractivity contribution in [3.8, 4) is 0 Å². The summed E-state index contributed by atoms with van der Waals surface area (Å²) in [5, 5.41) is 0. The van der Waals surface area contributed by atoms with Crippen molar-refractivity contribution >= 4 is 5.91 Å². The van der Waals surface area contributed by atoms with Gasteiger partial charge in [-0.3, -0.25) is 4.79 Å². The predicted molar refractivity (Wildman–Crippen MR) is 84.6 cm³/mol. The Morgan fingerprint density at radius 3 is 2.44 bits per heavy atom. The summed E-state index contributed by atoms with van der Waals surface area (Å²) in [7, 11) is 2.83. The summed E-state index contributed by atoms with van der Waals surface area (Å²) in [6.07, 6.45) is -4.49. The van der Waals surface area contributed by atoms with Gasteiger partial charge >= 0.3 is 6.18 Å². The smallest absolute Gasteiger partial charge is 0.382 e. The number of amides is 1. The SMILES string of the molecule is COCC(c1cccc(C(F)(F)F)c1)N(C)C(=O)c1cccc(F)c1. The first kappa shape index (κ1) is 18.9. The highest BCUT2D eigenvalue weighted by Gasteiger charge is 2.32. The van der Waals surface area contributed by atoms with E-state index in [0.717, 1.165) is 18.2 Å². The number of nitrogens with zero attached hydrogens (tertiary/aromatic N) is 1. The van der Waals surface area contributed by atoms with Gasteiger partial charge in [0.25, 0.3) is 5.91 Å². The number of halogens is 4. The topological polar surface area (TPSA) is 29.5 Å². The van der Waals surface area contributed by atoms with Crippen molar-refractivity contribution < 1.29 is 27.1 Å². The number of rotatable bonds is 5. The Kier molecular flexibility index (Phi) is 5.79. The Bertz CT molecular complexity index is 746. The molecule has 0 radical (unpaired) electrons. The fraction of sp³-hybridized carbons (Fsp3) is 0.278. The van der Waals surface area contributed by atoms with Gasteiger partial charge in [0.2, 0.25) is 0 Å². The van der Waals surface area contributed by atoms with Gasteiger partial charge in [-0.2, -0.15) is 13.2 Å².